The van der Waals surface area contributed by atoms with Gasteiger partial charge in [-0.2, -0.15) is 0 Å². The quantitative estimate of drug-likeness (QED) is 0.842. The van der Waals surface area contributed by atoms with Gasteiger partial charge in [-0.1, -0.05) is 6.08 Å². The average molecular weight is 325 g/mol. The molecule has 0 fully saturated rings. The van der Waals surface area contributed by atoms with Crippen molar-refractivity contribution < 1.29 is 14.6 Å². The third-order valence-electron chi connectivity index (χ3n) is 3.61. The highest BCUT2D eigenvalue weighted by atomic mass is 79.9. The number of hydrogen-bond acceptors (Lipinski definition) is 3. The van der Waals surface area contributed by atoms with E-state index in [1.165, 1.54) is 6.42 Å². The van der Waals surface area contributed by atoms with Gasteiger partial charge in [0.2, 0.25) is 0 Å². The number of allylic oxidation sites excluding steroid dienone is 1. The Bertz CT molecular complexity index is 510. The summed E-state index contributed by atoms with van der Waals surface area (Å²) in [6.45, 7) is 1.13. The van der Waals surface area contributed by atoms with E-state index in [0.717, 1.165) is 40.6 Å². The number of fused-ring (bicyclic) bond motifs is 1. The van der Waals surface area contributed by atoms with Crippen LogP contribution in [0.3, 0.4) is 0 Å². The molecule has 0 radical (unpaired) electrons. The van der Waals surface area contributed by atoms with E-state index in [2.05, 4.69) is 22.0 Å². The van der Waals surface area contributed by atoms with Crippen LogP contribution >= 0.6 is 15.9 Å². The van der Waals surface area contributed by atoms with Gasteiger partial charge in [-0.05, 0) is 64.9 Å². The molecule has 0 saturated heterocycles. The molecule has 1 heterocycles. The first-order chi connectivity index (χ1) is 9.25. The van der Waals surface area contributed by atoms with Crippen LogP contribution in [0.2, 0.25) is 0 Å². The van der Waals surface area contributed by atoms with E-state index in [-0.39, 0.29) is 0 Å². The molecule has 3 rings (SSSR count). The number of aliphatic hydroxyl groups is 1. The highest BCUT2D eigenvalue weighted by Gasteiger charge is 2.21. The molecular formula is C15H17BrO3. The summed E-state index contributed by atoms with van der Waals surface area (Å²) in [7, 11) is 0. The van der Waals surface area contributed by atoms with Crippen LogP contribution in [0.5, 0.6) is 11.5 Å². The molecule has 0 saturated carbocycles. The average Bonchev–Trinajstić information content (AvgIpc) is 2.47. The van der Waals surface area contributed by atoms with Gasteiger partial charge in [0.25, 0.3) is 0 Å². The minimum atomic E-state index is -0.535. The maximum absolute atomic E-state index is 10.5. The van der Waals surface area contributed by atoms with Gasteiger partial charge in [0.15, 0.2) is 11.5 Å². The number of aliphatic hydroxyl groups excluding tert-OH is 1. The first-order valence-electron chi connectivity index (χ1n) is 6.72. The molecule has 1 aliphatic carbocycles. The van der Waals surface area contributed by atoms with Crippen LogP contribution in [-0.4, -0.2) is 18.3 Å². The lowest BCUT2D eigenvalue weighted by Gasteiger charge is -2.23. The summed E-state index contributed by atoms with van der Waals surface area (Å²) < 4.78 is 12.0. The van der Waals surface area contributed by atoms with Crippen molar-refractivity contribution in [2.24, 2.45) is 0 Å². The summed E-state index contributed by atoms with van der Waals surface area (Å²) in [4.78, 5) is 0. The standard InChI is InChI=1S/C15H17BrO3/c16-12-8-11(9-13-15(12)19-7-6-18-13)14(17)10-4-2-1-3-5-10/h4,8-9,14,17H,1-3,5-7H2. The van der Waals surface area contributed by atoms with Crippen LogP contribution in [0.25, 0.3) is 0 Å². The zero-order chi connectivity index (χ0) is 13.2. The lowest BCUT2D eigenvalue weighted by Crippen LogP contribution is -2.16. The summed E-state index contributed by atoms with van der Waals surface area (Å²) in [5.41, 5.74) is 1.99. The predicted octanol–water partition coefficient (Wildman–Crippen LogP) is 3.75. The monoisotopic (exact) mass is 324 g/mol. The Morgan fingerprint density at radius 3 is 2.79 bits per heavy atom. The Labute approximate surface area is 121 Å². The smallest absolute Gasteiger partial charge is 0.175 e. The number of ether oxygens (including phenoxy) is 2. The van der Waals surface area contributed by atoms with E-state index in [4.69, 9.17) is 9.47 Å². The molecule has 0 amide bonds. The van der Waals surface area contributed by atoms with Crippen molar-refractivity contribution in [3.63, 3.8) is 0 Å². The number of rotatable bonds is 2. The van der Waals surface area contributed by atoms with E-state index in [1.807, 2.05) is 12.1 Å². The lowest BCUT2D eigenvalue weighted by atomic mass is 9.91. The Balaban J connectivity index is 1.92. The van der Waals surface area contributed by atoms with Gasteiger partial charge in [0.05, 0.1) is 4.47 Å². The van der Waals surface area contributed by atoms with Gasteiger partial charge in [-0.3, -0.25) is 0 Å². The second-order valence-electron chi connectivity index (χ2n) is 4.95. The van der Waals surface area contributed by atoms with Crippen molar-refractivity contribution in [2.45, 2.75) is 31.8 Å². The first-order valence-corrected chi connectivity index (χ1v) is 7.51. The molecule has 2 aliphatic rings. The molecule has 19 heavy (non-hydrogen) atoms. The maximum atomic E-state index is 10.5. The molecule has 1 N–H and O–H groups in total. The molecule has 0 bridgehead atoms. The fraction of sp³-hybridized carbons (Fsp3) is 0.467. The molecule has 1 aromatic rings. The van der Waals surface area contributed by atoms with Crippen LogP contribution in [0, 0.1) is 0 Å². The van der Waals surface area contributed by atoms with E-state index < -0.39 is 6.10 Å². The third kappa shape index (κ3) is 2.65. The summed E-state index contributed by atoms with van der Waals surface area (Å²) in [5, 5.41) is 10.5. The molecule has 1 atom stereocenters. The SMILES string of the molecule is OC(C1=CCCCC1)c1cc(Br)c2c(c1)OCCO2. The van der Waals surface area contributed by atoms with E-state index in [1.54, 1.807) is 0 Å². The zero-order valence-corrected chi connectivity index (χ0v) is 12.3. The number of benzene rings is 1. The molecule has 1 aliphatic heterocycles. The Kier molecular flexibility index (Phi) is 3.80. The second kappa shape index (κ2) is 5.55. The largest absolute Gasteiger partial charge is 0.486 e. The Hall–Kier alpha value is -1.00. The summed E-state index contributed by atoms with van der Waals surface area (Å²) in [6, 6.07) is 3.81. The molecular weight excluding hydrogens is 308 g/mol. The van der Waals surface area contributed by atoms with Crippen molar-refractivity contribution in [1.29, 1.82) is 0 Å². The fourth-order valence-electron chi connectivity index (χ4n) is 2.61. The number of hydrogen-bond donors (Lipinski definition) is 1. The van der Waals surface area contributed by atoms with Crippen LogP contribution < -0.4 is 9.47 Å². The van der Waals surface area contributed by atoms with Gasteiger partial charge < -0.3 is 14.6 Å². The minimum Gasteiger partial charge on any atom is -0.486 e. The Morgan fingerprint density at radius 1 is 1.16 bits per heavy atom. The third-order valence-corrected chi connectivity index (χ3v) is 4.20. The van der Waals surface area contributed by atoms with E-state index in [0.29, 0.717) is 19.0 Å². The van der Waals surface area contributed by atoms with Crippen LogP contribution in [-0.2, 0) is 0 Å². The molecule has 4 heteroatoms. The summed E-state index contributed by atoms with van der Waals surface area (Å²) in [5.74, 6) is 1.45. The van der Waals surface area contributed by atoms with E-state index in [9.17, 15) is 5.11 Å². The van der Waals surface area contributed by atoms with Crippen molar-refractivity contribution >= 4 is 15.9 Å². The van der Waals surface area contributed by atoms with Gasteiger partial charge in [-0.15, -0.1) is 0 Å². The zero-order valence-electron chi connectivity index (χ0n) is 10.7. The minimum absolute atomic E-state index is 0.535. The predicted molar refractivity (Wildman–Crippen MR) is 76.6 cm³/mol. The summed E-state index contributed by atoms with van der Waals surface area (Å²) in [6.07, 6.45) is 6.06. The van der Waals surface area contributed by atoms with Crippen LogP contribution in [0.4, 0.5) is 0 Å². The van der Waals surface area contributed by atoms with Gasteiger partial charge in [0.1, 0.15) is 19.3 Å². The fourth-order valence-corrected chi connectivity index (χ4v) is 3.19. The topological polar surface area (TPSA) is 38.7 Å². The highest BCUT2D eigenvalue weighted by Crippen LogP contribution is 2.41. The normalized spacial score (nSPS) is 19.8. The molecule has 1 unspecified atom stereocenters. The van der Waals surface area contributed by atoms with Gasteiger partial charge >= 0.3 is 0 Å². The molecule has 0 aromatic heterocycles. The Morgan fingerprint density at radius 2 is 2.00 bits per heavy atom. The molecule has 3 nitrogen and oxygen atoms in total. The van der Waals surface area contributed by atoms with Crippen molar-refractivity contribution in [1.82, 2.24) is 0 Å². The second-order valence-corrected chi connectivity index (χ2v) is 5.81. The molecule has 0 spiro atoms. The van der Waals surface area contributed by atoms with Gasteiger partial charge in [0, 0.05) is 0 Å². The molecule has 102 valence electrons. The molecule has 1 aromatic carbocycles. The van der Waals surface area contributed by atoms with Gasteiger partial charge in [-0.25, -0.2) is 0 Å². The van der Waals surface area contributed by atoms with Crippen LogP contribution in [0.1, 0.15) is 37.4 Å². The van der Waals surface area contributed by atoms with Crippen LogP contribution in [0.15, 0.2) is 28.3 Å². The number of halogens is 1. The maximum Gasteiger partial charge on any atom is 0.175 e. The van der Waals surface area contributed by atoms with E-state index >= 15 is 0 Å². The lowest BCUT2D eigenvalue weighted by molar-refractivity contribution is 0.168. The van der Waals surface area contributed by atoms with Crippen molar-refractivity contribution in [3.8, 4) is 11.5 Å². The van der Waals surface area contributed by atoms with Crippen molar-refractivity contribution in [3.05, 3.63) is 33.8 Å². The highest BCUT2D eigenvalue weighted by molar-refractivity contribution is 9.10. The first kappa shape index (κ1) is 13.0. The summed E-state index contributed by atoms with van der Waals surface area (Å²) >= 11 is 3.49. The van der Waals surface area contributed by atoms with Crippen molar-refractivity contribution in [2.75, 3.05) is 13.2 Å².